The summed E-state index contributed by atoms with van der Waals surface area (Å²) in [5.41, 5.74) is 1.04. The number of nitrogens with one attached hydrogen (secondary N) is 1. The predicted molar refractivity (Wildman–Crippen MR) is 84.1 cm³/mol. The molecule has 0 fully saturated rings. The Balaban J connectivity index is 0.000000444. The van der Waals surface area contributed by atoms with Gasteiger partial charge in [0.25, 0.3) is 5.56 Å². The van der Waals surface area contributed by atoms with Crippen molar-refractivity contribution in [2.75, 3.05) is 0 Å². The molecule has 0 atom stereocenters. The molecule has 0 unspecified atom stereocenters. The molecule has 0 aliphatic heterocycles. The van der Waals surface area contributed by atoms with Crippen molar-refractivity contribution in [3.8, 4) is 0 Å². The molecular formula is C15H24N4O. The number of H-pyrrole nitrogens is 1. The van der Waals surface area contributed by atoms with E-state index in [1.54, 1.807) is 18.6 Å². The van der Waals surface area contributed by atoms with Crippen molar-refractivity contribution >= 4 is 17.7 Å². The van der Waals surface area contributed by atoms with Gasteiger partial charge in [-0.25, -0.2) is 4.98 Å². The van der Waals surface area contributed by atoms with E-state index in [0.717, 1.165) is 11.6 Å². The Bertz CT molecular complexity index is 632. The Kier molecular flexibility index (Phi) is 5.67. The summed E-state index contributed by atoms with van der Waals surface area (Å²) in [5, 5.41) is 0. The van der Waals surface area contributed by atoms with Gasteiger partial charge in [-0.1, -0.05) is 34.6 Å². The normalized spacial score (nSPS) is 11.4. The number of aromatic nitrogens is 3. The fourth-order valence-corrected chi connectivity index (χ4v) is 1.48. The SMILES string of the molecule is CC(C)C.Cc1c(N=CC(C)C)c(=O)[nH]c2nccn12. The molecule has 0 saturated heterocycles. The molecule has 2 aromatic heterocycles. The first-order chi connectivity index (χ1) is 9.32. The van der Waals surface area contributed by atoms with Crippen LogP contribution in [0.25, 0.3) is 5.78 Å². The maximum absolute atomic E-state index is 11.7. The van der Waals surface area contributed by atoms with E-state index < -0.39 is 0 Å². The van der Waals surface area contributed by atoms with Crippen LogP contribution in [0.15, 0.2) is 22.2 Å². The maximum Gasteiger partial charge on any atom is 0.278 e. The maximum atomic E-state index is 11.7. The Labute approximate surface area is 119 Å². The van der Waals surface area contributed by atoms with Gasteiger partial charge in [-0.3, -0.25) is 19.2 Å². The highest BCUT2D eigenvalue weighted by molar-refractivity contribution is 5.65. The van der Waals surface area contributed by atoms with E-state index in [1.165, 1.54) is 0 Å². The molecular weight excluding hydrogens is 252 g/mol. The van der Waals surface area contributed by atoms with Crippen LogP contribution in [-0.4, -0.2) is 20.6 Å². The Morgan fingerprint density at radius 1 is 1.30 bits per heavy atom. The van der Waals surface area contributed by atoms with E-state index in [4.69, 9.17) is 0 Å². The number of aliphatic imine (C=N–C) groups is 1. The second-order valence-electron chi connectivity index (χ2n) is 5.76. The minimum atomic E-state index is -0.201. The highest BCUT2D eigenvalue weighted by Crippen LogP contribution is 2.12. The number of aryl methyl sites for hydroxylation is 1. The van der Waals surface area contributed by atoms with Crippen LogP contribution in [0.3, 0.4) is 0 Å². The molecule has 20 heavy (non-hydrogen) atoms. The molecule has 2 rings (SSSR count). The Morgan fingerprint density at radius 3 is 2.45 bits per heavy atom. The van der Waals surface area contributed by atoms with Crippen LogP contribution in [0.5, 0.6) is 0 Å². The van der Waals surface area contributed by atoms with Crippen molar-refractivity contribution in [3.05, 3.63) is 28.4 Å². The number of aromatic amines is 1. The van der Waals surface area contributed by atoms with Crippen molar-refractivity contribution in [2.24, 2.45) is 16.8 Å². The first-order valence-electron chi connectivity index (χ1n) is 6.93. The van der Waals surface area contributed by atoms with Gasteiger partial charge in [0.15, 0.2) is 0 Å². The van der Waals surface area contributed by atoms with E-state index in [2.05, 4.69) is 35.7 Å². The zero-order valence-electron chi connectivity index (χ0n) is 13.1. The lowest BCUT2D eigenvalue weighted by atomic mass is 10.2. The molecule has 2 heterocycles. The van der Waals surface area contributed by atoms with Crippen LogP contribution in [0.1, 0.15) is 40.3 Å². The predicted octanol–water partition coefficient (Wildman–Crippen LogP) is 3.35. The minimum Gasteiger partial charge on any atom is -0.290 e. The van der Waals surface area contributed by atoms with Gasteiger partial charge in [0.2, 0.25) is 5.78 Å². The lowest BCUT2D eigenvalue weighted by molar-refractivity contribution is 0.737. The summed E-state index contributed by atoms with van der Waals surface area (Å²) in [4.78, 5) is 22.7. The van der Waals surface area contributed by atoms with Crippen LogP contribution in [0.2, 0.25) is 0 Å². The van der Waals surface area contributed by atoms with Gasteiger partial charge >= 0.3 is 0 Å². The quantitative estimate of drug-likeness (QED) is 0.855. The summed E-state index contributed by atoms with van der Waals surface area (Å²) in [5.74, 6) is 1.70. The number of rotatable bonds is 2. The molecule has 5 heteroatoms. The Hall–Kier alpha value is -1.91. The van der Waals surface area contributed by atoms with E-state index in [9.17, 15) is 4.79 Å². The standard InChI is InChI=1S/C11H14N4O.C4H10/c1-7(2)6-13-9-8(3)15-5-4-12-11(15)14-10(9)16;1-4(2)3/h4-7H,1-3H3,(H,12,14,16);4H,1-3H3. The molecule has 0 saturated carbocycles. The van der Waals surface area contributed by atoms with Crippen LogP contribution in [0.4, 0.5) is 5.69 Å². The van der Waals surface area contributed by atoms with Crippen molar-refractivity contribution in [2.45, 2.75) is 41.5 Å². The average Bonchev–Trinajstić information content (AvgIpc) is 2.75. The zero-order valence-corrected chi connectivity index (χ0v) is 13.1. The van der Waals surface area contributed by atoms with Gasteiger partial charge in [-0.05, 0) is 18.8 Å². The summed E-state index contributed by atoms with van der Waals surface area (Å²) in [6, 6.07) is 0. The van der Waals surface area contributed by atoms with Crippen LogP contribution in [0, 0.1) is 18.8 Å². The summed E-state index contributed by atoms with van der Waals surface area (Å²) >= 11 is 0. The molecule has 5 nitrogen and oxygen atoms in total. The third kappa shape index (κ3) is 4.33. The second-order valence-corrected chi connectivity index (χ2v) is 5.76. The summed E-state index contributed by atoms with van der Waals surface area (Å²) in [7, 11) is 0. The van der Waals surface area contributed by atoms with E-state index in [0.29, 0.717) is 17.4 Å². The fourth-order valence-electron chi connectivity index (χ4n) is 1.48. The minimum absolute atomic E-state index is 0.201. The Morgan fingerprint density at radius 2 is 1.90 bits per heavy atom. The van der Waals surface area contributed by atoms with E-state index in [-0.39, 0.29) is 5.56 Å². The van der Waals surface area contributed by atoms with Crippen molar-refractivity contribution in [3.63, 3.8) is 0 Å². The molecule has 0 amide bonds. The highest BCUT2D eigenvalue weighted by atomic mass is 16.1. The third-order valence-electron chi connectivity index (χ3n) is 2.29. The largest absolute Gasteiger partial charge is 0.290 e. The molecule has 0 radical (unpaired) electrons. The first-order valence-corrected chi connectivity index (χ1v) is 6.93. The van der Waals surface area contributed by atoms with Gasteiger partial charge in [0, 0.05) is 18.6 Å². The highest BCUT2D eigenvalue weighted by Gasteiger charge is 2.07. The van der Waals surface area contributed by atoms with Crippen molar-refractivity contribution in [1.82, 2.24) is 14.4 Å². The zero-order chi connectivity index (χ0) is 15.3. The van der Waals surface area contributed by atoms with Crippen molar-refractivity contribution < 1.29 is 0 Å². The average molecular weight is 276 g/mol. The van der Waals surface area contributed by atoms with Crippen LogP contribution >= 0.6 is 0 Å². The summed E-state index contributed by atoms with van der Waals surface area (Å²) in [6.07, 6.45) is 5.21. The molecule has 0 bridgehead atoms. The van der Waals surface area contributed by atoms with Crippen molar-refractivity contribution in [1.29, 1.82) is 0 Å². The second kappa shape index (κ2) is 7.03. The van der Waals surface area contributed by atoms with Crippen LogP contribution in [-0.2, 0) is 0 Å². The number of hydrogen-bond acceptors (Lipinski definition) is 3. The van der Waals surface area contributed by atoms with Gasteiger partial charge in [0.1, 0.15) is 5.69 Å². The fraction of sp³-hybridized carbons (Fsp3) is 0.533. The number of hydrogen-bond donors (Lipinski definition) is 1. The molecule has 0 spiro atoms. The summed E-state index contributed by atoms with van der Waals surface area (Å²) in [6.45, 7) is 12.4. The molecule has 1 N–H and O–H groups in total. The molecule has 110 valence electrons. The topological polar surface area (TPSA) is 62.5 Å². The smallest absolute Gasteiger partial charge is 0.278 e. The monoisotopic (exact) mass is 276 g/mol. The van der Waals surface area contributed by atoms with E-state index in [1.807, 2.05) is 25.2 Å². The first kappa shape index (κ1) is 16.1. The van der Waals surface area contributed by atoms with Crippen LogP contribution < -0.4 is 5.56 Å². The molecule has 2 aromatic rings. The number of fused-ring (bicyclic) bond motifs is 1. The molecule has 0 aliphatic rings. The third-order valence-corrected chi connectivity index (χ3v) is 2.29. The number of imidazole rings is 1. The lowest BCUT2D eigenvalue weighted by Crippen LogP contribution is -2.11. The molecule has 0 aliphatic carbocycles. The lowest BCUT2D eigenvalue weighted by Gasteiger charge is -2.03. The summed E-state index contributed by atoms with van der Waals surface area (Å²) < 4.78 is 1.81. The van der Waals surface area contributed by atoms with Gasteiger partial charge in [-0.2, -0.15) is 0 Å². The molecule has 0 aromatic carbocycles. The van der Waals surface area contributed by atoms with E-state index >= 15 is 0 Å². The van der Waals surface area contributed by atoms with Gasteiger partial charge < -0.3 is 0 Å². The van der Waals surface area contributed by atoms with Gasteiger partial charge in [-0.15, -0.1) is 0 Å². The van der Waals surface area contributed by atoms with Gasteiger partial charge in [0.05, 0.1) is 5.69 Å². The number of nitrogens with zero attached hydrogens (tertiary/aromatic N) is 3.